The van der Waals surface area contributed by atoms with E-state index in [2.05, 4.69) is 0 Å². The first-order chi connectivity index (χ1) is 6.57. The van der Waals surface area contributed by atoms with Gasteiger partial charge in [-0.05, 0) is 56.0 Å². The van der Waals surface area contributed by atoms with Crippen LogP contribution in [0.2, 0.25) is 5.02 Å². The molecule has 0 aliphatic heterocycles. The number of halogens is 1. The molecule has 1 aromatic rings. The number of rotatable bonds is 3. The molecule has 0 unspecified atom stereocenters. The Bertz CT molecular complexity index is 337. The molecule has 0 spiro atoms. The van der Waals surface area contributed by atoms with Gasteiger partial charge < -0.3 is 10.8 Å². The van der Waals surface area contributed by atoms with E-state index >= 15 is 0 Å². The molecule has 0 saturated heterocycles. The molecule has 2 nitrogen and oxygen atoms in total. The molecule has 0 radical (unpaired) electrons. The van der Waals surface area contributed by atoms with E-state index in [9.17, 15) is 5.11 Å². The van der Waals surface area contributed by atoms with Crippen LogP contribution in [0.25, 0.3) is 0 Å². The summed E-state index contributed by atoms with van der Waals surface area (Å²) in [5, 5.41) is 9.93. The minimum atomic E-state index is 0.165. The standard InChI is InChI=1S/C11H16ClNO/c1-7-6-10(14)11(12)8(2)9(7)4-3-5-13/h6,14H,3-5,13H2,1-2H3. The minimum absolute atomic E-state index is 0.165. The van der Waals surface area contributed by atoms with Crippen LogP contribution in [0.3, 0.4) is 0 Å². The zero-order valence-electron chi connectivity index (χ0n) is 8.60. The average Bonchev–Trinajstić information content (AvgIpc) is 2.14. The molecule has 3 N–H and O–H groups in total. The topological polar surface area (TPSA) is 46.2 Å². The van der Waals surface area contributed by atoms with Crippen molar-refractivity contribution in [2.45, 2.75) is 26.7 Å². The molecular weight excluding hydrogens is 198 g/mol. The van der Waals surface area contributed by atoms with Gasteiger partial charge in [0, 0.05) is 0 Å². The molecule has 0 heterocycles. The summed E-state index contributed by atoms with van der Waals surface area (Å²) in [6.07, 6.45) is 1.87. The number of hydrogen-bond acceptors (Lipinski definition) is 2. The van der Waals surface area contributed by atoms with Crippen LogP contribution in [0.4, 0.5) is 0 Å². The SMILES string of the molecule is Cc1cc(O)c(Cl)c(C)c1CCCN. The lowest BCUT2D eigenvalue weighted by Gasteiger charge is -2.12. The van der Waals surface area contributed by atoms with Gasteiger partial charge in [0.15, 0.2) is 0 Å². The summed E-state index contributed by atoms with van der Waals surface area (Å²) < 4.78 is 0. The smallest absolute Gasteiger partial charge is 0.134 e. The number of phenols is 1. The Morgan fingerprint density at radius 2 is 2.07 bits per heavy atom. The van der Waals surface area contributed by atoms with Crippen molar-refractivity contribution in [3.63, 3.8) is 0 Å². The molecular formula is C11H16ClNO. The molecule has 3 heteroatoms. The van der Waals surface area contributed by atoms with Gasteiger partial charge in [0.1, 0.15) is 5.75 Å². The number of aryl methyl sites for hydroxylation is 1. The summed E-state index contributed by atoms with van der Waals surface area (Å²) in [6.45, 7) is 4.59. The van der Waals surface area contributed by atoms with Crippen LogP contribution in [0, 0.1) is 13.8 Å². The maximum Gasteiger partial charge on any atom is 0.134 e. The van der Waals surface area contributed by atoms with Gasteiger partial charge in [0.05, 0.1) is 5.02 Å². The largest absolute Gasteiger partial charge is 0.506 e. The van der Waals surface area contributed by atoms with Gasteiger partial charge in [-0.3, -0.25) is 0 Å². The van der Waals surface area contributed by atoms with E-state index in [1.807, 2.05) is 13.8 Å². The number of benzene rings is 1. The third-order valence-corrected chi connectivity index (χ3v) is 2.94. The van der Waals surface area contributed by atoms with Crippen LogP contribution in [0.5, 0.6) is 5.75 Å². The molecule has 78 valence electrons. The van der Waals surface area contributed by atoms with Gasteiger partial charge in [-0.25, -0.2) is 0 Å². The lowest BCUT2D eigenvalue weighted by Crippen LogP contribution is -2.03. The van der Waals surface area contributed by atoms with E-state index in [1.165, 1.54) is 5.56 Å². The Morgan fingerprint density at radius 3 is 2.64 bits per heavy atom. The Labute approximate surface area is 89.7 Å². The summed E-state index contributed by atoms with van der Waals surface area (Å²) in [7, 11) is 0. The van der Waals surface area contributed by atoms with Crippen molar-refractivity contribution < 1.29 is 5.11 Å². The molecule has 1 aromatic carbocycles. The normalized spacial score (nSPS) is 10.6. The zero-order chi connectivity index (χ0) is 10.7. The molecule has 14 heavy (non-hydrogen) atoms. The van der Waals surface area contributed by atoms with Crippen molar-refractivity contribution in [2.75, 3.05) is 6.54 Å². The van der Waals surface area contributed by atoms with Crippen molar-refractivity contribution in [3.05, 3.63) is 27.8 Å². The van der Waals surface area contributed by atoms with Crippen molar-refractivity contribution in [2.24, 2.45) is 5.73 Å². The monoisotopic (exact) mass is 213 g/mol. The molecule has 0 amide bonds. The Morgan fingerprint density at radius 1 is 1.43 bits per heavy atom. The third-order valence-electron chi connectivity index (χ3n) is 2.47. The van der Waals surface area contributed by atoms with Gasteiger partial charge >= 0.3 is 0 Å². The van der Waals surface area contributed by atoms with Gasteiger partial charge in [-0.15, -0.1) is 0 Å². The number of phenolic OH excluding ortho intramolecular Hbond substituents is 1. The second-order valence-electron chi connectivity index (χ2n) is 3.52. The number of aromatic hydroxyl groups is 1. The van der Waals surface area contributed by atoms with E-state index in [0.29, 0.717) is 11.6 Å². The van der Waals surface area contributed by atoms with Gasteiger partial charge in [0.2, 0.25) is 0 Å². The molecule has 0 saturated carbocycles. The Hall–Kier alpha value is -0.730. The highest BCUT2D eigenvalue weighted by atomic mass is 35.5. The highest BCUT2D eigenvalue weighted by molar-refractivity contribution is 6.32. The fraction of sp³-hybridized carbons (Fsp3) is 0.455. The van der Waals surface area contributed by atoms with Crippen molar-refractivity contribution >= 4 is 11.6 Å². The Kier molecular flexibility index (Phi) is 3.78. The van der Waals surface area contributed by atoms with E-state index < -0.39 is 0 Å². The summed E-state index contributed by atoms with van der Waals surface area (Å²) in [5.41, 5.74) is 8.72. The fourth-order valence-corrected chi connectivity index (χ4v) is 1.81. The zero-order valence-corrected chi connectivity index (χ0v) is 9.36. The van der Waals surface area contributed by atoms with Gasteiger partial charge in [-0.1, -0.05) is 11.6 Å². The first-order valence-corrected chi connectivity index (χ1v) is 5.13. The molecule has 0 aliphatic carbocycles. The minimum Gasteiger partial charge on any atom is -0.506 e. The van der Waals surface area contributed by atoms with Crippen LogP contribution in [0.15, 0.2) is 6.07 Å². The molecule has 0 atom stereocenters. The van der Waals surface area contributed by atoms with Gasteiger partial charge in [0.25, 0.3) is 0 Å². The lowest BCUT2D eigenvalue weighted by molar-refractivity contribution is 0.474. The molecule has 0 fully saturated rings. The van der Waals surface area contributed by atoms with E-state index in [1.54, 1.807) is 6.07 Å². The molecule has 0 aromatic heterocycles. The van der Waals surface area contributed by atoms with Crippen LogP contribution >= 0.6 is 11.6 Å². The van der Waals surface area contributed by atoms with Crippen molar-refractivity contribution in [1.82, 2.24) is 0 Å². The summed E-state index contributed by atoms with van der Waals surface area (Å²) >= 11 is 5.95. The van der Waals surface area contributed by atoms with Crippen LogP contribution in [-0.2, 0) is 6.42 Å². The summed E-state index contributed by atoms with van der Waals surface area (Å²) in [5.74, 6) is 0.165. The van der Waals surface area contributed by atoms with E-state index in [-0.39, 0.29) is 5.75 Å². The second kappa shape index (κ2) is 4.67. The van der Waals surface area contributed by atoms with Crippen LogP contribution in [0.1, 0.15) is 23.1 Å². The first-order valence-electron chi connectivity index (χ1n) is 4.75. The first kappa shape index (κ1) is 11.3. The number of nitrogens with two attached hydrogens (primary N) is 1. The van der Waals surface area contributed by atoms with Crippen molar-refractivity contribution in [1.29, 1.82) is 0 Å². The maximum atomic E-state index is 9.47. The molecule has 0 bridgehead atoms. The van der Waals surface area contributed by atoms with Crippen LogP contribution in [-0.4, -0.2) is 11.7 Å². The number of hydrogen-bond donors (Lipinski definition) is 2. The van der Waals surface area contributed by atoms with Crippen LogP contribution < -0.4 is 5.73 Å². The predicted molar refractivity (Wildman–Crippen MR) is 60.0 cm³/mol. The predicted octanol–water partition coefficient (Wildman–Crippen LogP) is 2.55. The molecule has 0 aliphatic rings. The summed E-state index contributed by atoms with van der Waals surface area (Å²) in [6, 6.07) is 1.71. The highest BCUT2D eigenvalue weighted by Crippen LogP contribution is 2.32. The fourth-order valence-electron chi connectivity index (χ4n) is 1.64. The lowest BCUT2D eigenvalue weighted by atomic mass is 9.98. The Balaban J connectivity index is 3.09. The third kappa shape index (κ3) is 2.20. The average molecular weight is 214 g/mol. The van der Waals surface area contributed by atoms with E-state index in [4.69, 9.17) is 17.3 Å². The van der Waals surface area contributed by atoms with Gasteiger partial charge in [-0.2, -0.15) is 0 Å². The highest BCUT2D eigenvalue weighted by Gasteiger charge is 2.10. The van der Waals surface area contributed by atoms with E-state index in [0.717, 1.165) is 24.0 Å². The summed E-state index contributed by atoms with van der Waals surface area (Å²) in [4.78, 5) is 0. The quantitative estimate of drug-likeness (QED) is 0.811. The maximum absolute atomic E-state index is 9.47. The molecule has 1 rings (SSSR count). The van der Waals surface area contributed by atoms with Crippen molar-refractivity contribution in [3.8, 4) is 5.75 Å². The second-order valence-corrected chi connectivity index (χ2v) is 3.90.